The molecular formula is C7H5N3O. The first kappa shape index (κ1) is 6.03. The van der Waals surface area contributed by atoms with Crippen molar-refractivity contribution in [3.63, 3.8) is 0 Å². The number of rotatable bonds is 0. The Morgan fingerprint density at radius 2 is 2.36 bits per heavy atom. The number of amides is 1. The lowest BCUT2D eigenvalue weighted by molar-refractivity contribution is 0.0978. The van der Waals surface area contributed by atoms with Gasteiger partial charge in [0.25, 0.3) is 5.91 Å². The third kappa shape index (κ3) is 0.724. The van der Waals surface area contributed by atoms with E-state index in [9.17, 15) is 4.79 Å². The van der Waals surface area contributed by atoms with Gasteiger partial charge in [-0.1, -0.05) is 0 Å². The van der Waals surface area contributed by atoms with Gasteiger partial charge in [0, 0.05) is 11.8 Å². The summed E-state index contributed by atoms with van der Waals surface area (Å²) in [5.41, 5.74) is 0.926. The van der Waals surface area contributed by atoms with Crippen molar-refractivity contribution in [3.05, 3.63) is 29.6 Å². The van der Waals surface area contributed by atoms with Crippen LogP contribution in [0.4, 0.5) is 0 Å². The predicted octanol–water partition coefficient (Wildman–Crippen LogP) is 0.150. The third-order valence-electron chi connectivity index (χ3n) is 1.53. The number of aromatic nitrogens is 1. The molecular weight excluding hydrogens is 142 g/mol. The topological polar surface area (TPSA) is 65.8 Å². The minimum Gasteiger partial charge on any atom is -0.305 e. The van der Waals surface area contributed by atoms with E-state index in [1.165, 1.54) is 6.20 Å². The number of nitrogens with one attached hydrogen (secondary N) is 2. The maximum atomic E-state index is 11.0. The van der Waals surface area contributed by atoms with Gasteiger partial charge in [0.2, 0.25) is 0 Å². The molecule has 0 fully saturated rings. The highest BCUT2D eigenvalue weighted by atomic mass is 16.2. The van der Waals surface area contributed by atoms with Crippen molar-refractivity contribution in [2.75, 3.05) is 0 Å². The van der Waals surface area contributed by atoms with E-state index in [1.54, 1.807) is 12.1 Å². The lowest BCUT2D eigenvalue weighted by atomic mass is 10.2. The molecule has 4 nitrogen and oxygen atoms in total. The molecule has 0 aromatic carbocycles. The molecule has 0 saturated carbocycles. The summed E-state index contributed by atoms with van der Waals surface area (Å²) in [5.74, 6) is -0.149. The Kier molecular flexibility index (Phi) is 1.03. The summed E-state index contributed by atoms with van der Waals surface area (Å²) in [6.45, 7) is 0. The molecule has 0 bridgehead atoms. The van der Waals surface area contributed by atoms with E-state index in [2.05, 4.69) is 10.3 Å². The van der Waals surface area contributed by atoms with Crippen LogP contribution in [0.25, 0.3) is 0 Å². The summed E-state index contributed by atoms with van der Waals surface area (Å²) in [7, 11) is 0. The van der Waals surface area contributed by atoms with E-state index < -0.39 is 0 Å². The van der Waals surface area contributed by atoms with Crippen molar-refractivity contribution in [1.29, 1.82) is 5.41 Å². The molecule has 0 atom stereocenters. The molecule has 1 aliphatic rings. The Bertz CT molecular complexity index is 312. The standard InChI is InChI=1S/C7H5N3O/c8-6-4-2-1-3-9-5(4)7(11)10-6/h1-3H,(H2,8,10,11). The van der Waals surface area contributed by atoms with E-state index in [0.29, 0.717) is 11.3 Å². The predicted molar refractivity (Wildman–Crippen MR) is 38.5 cm³/mol. The van der Waals surface area contributed by atoms with Crippen LogP contribution in [0.3, 0.4) is 0 Å². The summed E-state index contributed by atoms with van der Waals surface area (Å²) < 4.78 is 0. The van der Waals surface area contributed by atoms with Crippen molar-refractivity contribution in [2.24, 2.45) is 0 Å². The van der Waals surface area contributed by atoms with Crippen molar-refractivity contribution in [3.8, 4) is 0 Å². The molecule has 2 N–H and O–H groups in total. The average molecular weight is 147 g/mol. The Hall–Kier alpha value is -1.71. The van der Waals surface area contributed by atoms with Gasteiger partial charge in [-0.25, -0.2) is 0 Å². The molecule has 4 heteroatoms. The van der Waals surface area contributed by atoms with E-state index in [0.717, 1.165) is 0 Å². The second-order valence-electron chi connectivity index (χ2n) is 2.23. The van der Waals surface area contributed by atoms with Crippen LogP contribution in [-0.2, 0) is 0 Å². The minimum absolute atomic E-state index is 0.137. The highest BCUT2D eigenvalue weighted by Crippen LogP contribution is 2.10. The first-order valence-corrected chi connectivity index (χ1v) is 3.14. The van der Waals surface area contributed by atoms with Crippen LogP contribution in [0.2, 0.25) is 0 Å². The van der Waals surface area contributed by atoms with E-state index in [4.69, 9.17) is 5.41 Å². The van der Waals surface area contributed by atoms with Crippen LogP contribution in [0.1, 0.15) is 16.1 Å². The number of carbonyl (C=O) groups is 1. The zero-order valence-electron chi connectivity index (χ0n) is 5.59. The minimum atomic E-state index is -0.286. The summed E-state index contributed by atoms with van der Waals surface area (Å²) in [5, 5.41) is 9.65. The molecule has 0 unspecified atom stereocenters. The maximum absolute atomic E-state index is 11.0. The summed E-state index contributed by atoms with van der Waals surface area (Å²) in [6, 6.07) is 3.40. The number of hydrogen-bond acceptors (Lipinski definition) is 3. The SMILES string of the molecule is N=C1NC(=O)c2ncccc21. The van der Waals surface area contributed by atoms with Gasteiger partial charge in [-0.3, -0.25) is 15.2 Å². The normalized spacial score (nSPS) is 14.5. The van der Waals surface area contributed by atoms with Gasteiger partial charge < -0.3 is 5.32 Å². The first-order chi connectivity index (χ1) is 5.29. The molecule has 2 heterocycles. The van der Waals surface area contributed by atoms with Gasteiger partial charge >= 0.3 is 0 Å². The van der Waals surface area contributed by atoms with Crippen molar-refractivity contribution < 1.29 is 4.79 Å². The van der Waals surface area contributed by atoms with Gasteiger partial charge in [-0.15, -0.1) is 0 Å². The summed E-state index contributed by atoms with van der Waals surface area (Å²) in [4.78, 5) is 14.8. The Balaban J connectivity index is 2.69. The molecule has 0 spiro atoms. The fourth-order valence-electron chi connectivity index (χ4n) is 1.03. The molecule has 1 aromatic heterocycles. The summed E-state index contributed by atoms with van der Waals surface area (Å²) >= 11 is 0. The molecule has 0 aliphatic carbocycles. The van der Waals surface area contributed by atoms with Crippen LogP contribution in [0, 0.1) is 5.41 Å². The lowest BCUT2D eigenvalue weighted by Crippen LogP contribution is -2.20. The molecule has 1 amide bonds. The molecule has 1 aromatic rings. The molecule has 54 valence electrons. The highest BCUT2D eigenvalue weighted by molar-refractivity contribution is 6.21. The zero-order chi connectivity index (χ0) is 7.84. The van der Waals surface area contributed by atoms with Crippen molar-refractivity contribution >= 4 is 11.7 Å². The number of amidine groups is 1. The zero-order valence-corrected chi connectivity index (χ0v) is 5.59. The smallest absolute Gasteiger partial charge is 0.276 e. The quantitative estimate of drug-likeness (QED) is 0.548. The number of nitrogens with zero attached hydrogens (tertiary/aromatic N) is 1. The molecule has 0 radical (unpaired) electrons. The van der Waals surface area contributed by atoms with Crippen molar-refractivity contribution in [1.82, 2.24) is 10.3 Å². The van der Waals surface area contributed by atoms with Gasteiger partial charge in [0.05, 0.1) is 0 Å². The Morgan fingerprint density at radius 3 is 3.09 bits per heavy atom. The highest BCUT2D eigenvalue weighted by Gasteiger charge is 2.23. The fraction of sp³-hybridized carbons (Fsp3) is 0. The molecule has 0 saturated heterocycles. The Labute approximate surface area is 62.8 Å². The van der Waals surface area contributed by atoms with Gasteiger partial charge in [-0.2, -0.15) is 0 Å². The van der Waals surface area contributed by atoms with Crippen LogP contribution >= 0.6 is 0 Å². The largest absolute Gasteiger partial charge is 0.305 e. The molecule has 11 heavy (non-hydrogen) atoms. The van der Waals surface area contributed by atoms with E-state index >= 15 is 0 Å². The number of fused-ring (bicyclic) bond motifs is 1. The monoisotopic (exact) mass is 147 g/mol. The number of carbonyl (C=O) groups excluding carboxylic acids is 1. The van der Waals surface area contributed by atoms with Crippen LogP contribution in [-0.4, -0.2) is 16.7 Å². The maximum Gasteiger partial charge on any atom is 0.276 e. The van der Waals surface area contributed by atoms with Gasteiger partial charge in [-0.05, 0) is 12.1 Å². The average Bonchev–Trinajstić information content (AvgIpc) is 2.30. The van der Waals surface area contributed by atoms with Gasteiger partial charge in [0.1, 0.15) is 11.5 Å². The third-order valence-corrected chi connectivity index (χ3v) is 1.53. The Morgan fingerprint density at radius 1 is 1.55 bits per heavy atom. The number of hydrogen-bond donors (Lipinski definition) is 2. The molecule has 2 rings (SSSR count). The first-order valence-electron chi connectivity index (χ1n) is 3.14. The second-order valence-corrected chi connectivity index (χ2v) is 2.23. The van der Waals surface area contributed by atoms with Crippen LogP contribution < -0.4 is 5.32 Å². The van der Waals surface area contributed by atoms with E-state index in [1.807, 2.05) is 0 Å². The second kappa shape index (κ2) is 1.88. The number of pyridine rings is 1. The molecule has 1 aliphatic heterocycles. The fourth-order valence-corrected chi connectivity index (χ4v) is 1.03. The van der Waals surface area contributed by atoms with Crippen LogP contribution in [0.15, 0.2) is 18.3 Å². The van der Waals surface area contributed by atoms with Crippen molar-refractivity contribution in [2.45, 2.75) is 0 Å². The van der Waals surface area contributed by atoms with Gasteiger partial charge in [0.15, 0.2) is 0 Å². The van der Waals surface area contributed by atoms with E-state index in [-0.39, 0.29) is 11.7 Å². The van der Waals surface area contributed by atoms with Crippen LogP contribution in [0.5, 0.6) is 0 Å². The lowest BCUT2D eigenvalue weighted by Gasteiger charge is -1.89. The summed E-state index contributed by atoms with van der Waals surface area (Å²) in [6.07, 6.45) is 1.54.